The van der Waals surface area contributed by atoms with Crippen molar-refractivity contribution in [1.82, 2.24) is 10.6 Å². The van der Waals surface area contributed by atoms with Crippen LogP contribution in [0, 0.1) is 12.3 Å². The van der Waals surface area contributed by atoms with E-state index in [9.17, 15) is 9.59 Å². The minimum Gasteiger partial charge on any atom is -0.480 e. The van der Waals surface area contributed by atoms with Gasteiger partial charge in [0.25, 0.3) is 0 Å². The summed E-state index contributed by atoms with van der Waals surface area (Å²) in [6, 6.07) is -1.51. The lowest BCUT2D eigenvalue weighted by Gasteiger charge is -2.16. The Morgan fingerprint density at radius 3 is 2.50 bits per heavy atom. The van der Waals surface area contributed by atoms with Gasteiger partial charge in [-0.3, -0.25) is 0 Å². The molecular weight excluding hydrogens is 208 g/mol. The normalized spacial score (nSPS) is 13.3. The maximum atomic E-state index is 11.4. The Bertz CT molecular complexity index is 283. The molecule has 0 aliphatic rings. The summed E-state index contributed by atoms with van der Waals surface area (Å²) in [7, 11) is 0. The third-order valence-electron chi connectivity index (χ3n) is 1.98. The number of amides is 2. The second-order valence-electron chi connectivity index (χ2n) is 3.61. The molecule has 0 fully saturated rings. The molecule has 0 heterocycles. The van der Waals surface area contributed by atoms with Gasteiger partial charge in [-0.2, -0.15) is 0 Å². The van der Waals surface area contributed by atoms with Crippen LogP contribution in [0.15, 0.2) is 0 Å². The third-order valence-corrected chi connectivity index (χ3v) is 1.98. The number of carboxylic acid groups (broad SMARTS) is 1. The molecule has 0 saturated carbocycles. The van der Waals surface area contributed by atoms with Gasteiger partial charge in [-0.05, 0) is 13.3 Å². The smallest absolute Gasteiger partial charge is 0.326 e. The van der Waals surface area contributed by atoms with Crippen LogP contribution in [-0.2, 0) is 4.79 Å². The number of nitrogens with one attached hydrogen (secondary N) is 2. The van der Waals surface area contributed by atoms with Crippen LogP contribution in [0.1, 0.15) is 33.1 Å². The largest absolute Gasteiger partial charge is 0.480 e. The Kier molecular flexibility index (Phi) is 6.77. The van der Waals surface area contributed by atoms with Crippen molar-refractivity contribution in [3.8, 4) is 12.3 Å². The zero-order valence-electron chi connectivity index (χ0n) is 9.62. The lowest BCUT2D eigenvalue weighted by Crippen LogP contribution is -2.48. The van der Waals surface area contributed by atoms with Crippen molar-refractivity contribution in [3.63, 3.8) is 0 Å². The molecule has 0 saturated heterocycles. The van der Waals surface area contributed by atoms with Crippen LogP contribution in [-0.4, -0.2) is 29.2 Å². The Hall–Kier alpha value is -1.70. The van der Waals surface area contributed by atoms with E-state index in [1.807, 2.05) is 6.92 Å². The molecule has 0 aromatic carbocycles. The van der Waals surface area contributed by atoms with Crippen LogP contribution < -0.4 is 10.6 Å². The van der Waals surface area contributed by atoms with E-state index in [1.165, 1.54) is 0 Å². The second kappa shape index (κ2) is 7.57. The number of carbonyl (C=O) groups excluding carboxylic acids is 1. The minimum absolute atomic E-state index is 0.166. The first-order valence-corrected chi connectivity index (χ1v) is 5.24. The zero-order chi connectivity index (χ0) is 12.6. The van der Waals surface area contributed by atoms with Crippen LogP contribution >= 0.6 is 0 Å². The van der Waals surface area contributed by atoms with Gasteiger partial charge in [-0.25, -0.2) is 9.59 Å². The Morgan fingerprint density at radius 1 is 1.44 bits per heavy atom. The van der Waals surface area contributed by atoms with Crippen molar-refractivity contribution < 1.29 is 14.7 Å². The fraction of sp³-hybridized carbons (Fsp3) is 0.636. The summed E-state index contributed by atoms with van der Waals surface area (Å²) in [6.07, 6.45) is 6.60. The van der Waals surface area contributed by atoms with E-state index in [0.717, 1.165) is 0 Å². The molecule has 0 aromatic rings. The van der Waals surface area contributed by atoms with E-state index in [4.69, 9.17) is 11.5 Å². The molecule has 90 valence electrons. The molecule has 0 bridgehead atoms. The van der Waals surface area contributed by atoms with Gasteiger partial charge >= 0.3 is 12.0 Å². The molecule has 3 N–H and O–H groups in total. The summed E-state index contributed by atoms with van der Waals surface area (Å²) in [5.41, 5.74) is 0. The fourth-order valence-corrected chi connectivity index (χ4v) is 1.20. The molecule has 0 spiro atoms. The van der Waals surface area contributed by atoms with Gasteiger partial charge in [0, 0.05) is 12.5 Å². The van der Waals surface area contributed by atoms with Crippen molar-refractivity contribution in [2.45, 2.75) is 45.2 Å². The van der Waals surface area contributed by atoms with Crippen molar-refractivity contribution in [2.75, 3.05) is 0 Å². The Labute approximate surface area is 95.6 Å². The standard InChI is InChI=1S/C11H18N2O3/c1-4-6-8(3)12-11(16)13-9(7-5-2)10(14)15/h1,8-9H,5-7H2,2-3H3,(H,14,15)(H2,12,13,16)/t8?,9-/m0/s1. The molecule has 0 radical (unpaired) electrons. The highest BCUT2D eigenvalue weighted by Crippen LogP contribution is 1.97. The molecule has 5 heteroatoms. The van der Waals surface area contributed by atoms with Gasteiger partial charge in [0.05, 0.1) is 0 Å². The van der Waals surface area contributed by atoms with Gasteiger partial charge in [-0.15, -0.1) is 12.3 Å². The van der Waals surface area contributed by atoms with Gasteiger partial charge < -0.3 is 15.7 Å². The van der Waals surface area contributed by atoms with E-state index >= 15 is 0 Å². The van der Waals surface area contributed by atoms with Crippen LogP contribution in [0.3, 0.4) is 0 Å². The summed E-state index contributed by atoms with van der Waals surface area (Å²) in [6.45, 7) is 3.62. The van der Waals surface area contributed by atoms with Crippen molar-refractivity contribution in [1.29, 1.82) is 0 Å². The lowest BCUT2D eigenvalue weighted by atomic mass is 10.2. The number of terminal acetylenes is 1. The van der Waals surface area contributed by atoms with Crippen molar-refractivity contribution in [3.05, 3.63) is 0 Å². The quantitative estimate of drug-likeness (QED) is 0.590. The molecular formula is C11H18N2O3. The number of rotatable bonds is 6. The molecule has 2 atom stereocenters. The zero-order valence-corrected chi connectivity index (χ0v) is 9.62. The molecule has 2 amide bonds. The summed E-state index contributed by atoms with van der Waals surface area (Å²) in [4.78, 5) is 22.1. The highest BCUT2D eigenvalue weighted by Gasteiger charge is 2.19. The maximum Gasteiger partial charge on any atom is 0.326 e. The van der Waals surface area contributed by atoms with Crippen LogP contribution in [0.25, 0.3) is 0 Å². The molecule has 0 aliphatic heterocycles. The number of hydrogen-bond donors (Lipinski definition) is 3. The number of carbonyl (C=O) groups is 2. The van der Waals surface area contributed by atoms with E-state index in [-0.39, 0.29) is 6.04 Å². The Morgan fingerprint density at radius 2 is 2.06 bits per heavy atom. The van der Waals surface area contributed by atoms with E-state index in [2.05, 4.69) is 16.6 Å². The predicted octanol–water partition coefficient (Wildman–Crippen LogP) is 0.951. The minimum atomic E-state index is -1.03. The summed E-state index contributed by atoms with van der Waals surface area (Å²) in [5.74, 6) is 1.39. The molecule has 16 heavy (non-hydrogen) atoms. The van der Waals surface area contributed by atoms with E-state index in [1.54, 1.807) is 6.92 Å². The van der Waals surface area contributed by atoms with Crippen LogP contribution in [0.4, 0.5) is 4.79 Å². The molecule has 1 unspecified atom stereocenters. The summed E-state index contributed by atoms with van der Waals surface area (Å²) in [5, 5.41) is 13.8. The average Bonchev–Trinajstić information content (AvgIpc) is 2.16. The molecule has 0 aliphatic carbocycles. The SMILES string of the molecule is C#CCC(C)NC(=O)N[C@@H](CCC)C(=O)O. The molecule has 0 rings (SSSR count). The number of aliphatic carboxylic acids is 1. The first-order valence-electron chi connectivity index (χ1n) is 5.24. The predicted molar refractivity (Wildman–Crippen MR) is 60.9 cm³/mol. The van der Waals surface area contributed by atoms with Crippen molar-refractivity contribution >= 4 is 12.0 Å². The van der Waals surface area contributed by atoms with E-state index < -0.39 is 18.0 Å². The van der Waals surface area contributed by atoms with Crippen molar-refractivity contribution in [2.24, 2.45) is 0 Å². The monoisotopic (exact) mass is 226 g/mol. The molecule has 5 nitrogen and oxygen atoms in total. The van der Waals surface area contributed by atoms with Gasteiger partial charge in [-0.1, -0.05) is 13.3 Å². The van der Waals surface area contributed by atoms with E-state index in [0.29, 0.717) is 19.3 Å². The lowest BCUT2D eigenvalue weighted by molar-refractivity contribution is -0.139. The highest BCUT2D eigenvalue weighted by molar-refractivity contribution is 5.82. The fourth-order valence-electron chi connectivity index (χ4n) is 1.20. The third kappa shape index (κ3) is 5.91. The Balaban J connectivity index is 4.10. The number of carboxylic acids is 1. The first kappa shape index (κ1) is 14.3. The highest BCUT2D eigenvalue weighted by atomic mass is 16.4. The number of hydrogen-bond acceptors (Lipinski definition) is 2. The van der Waals surface area contributed by atoms with Gasteiger partial charge in [0.15, 0.2) is 0 Å². The van der Waals surface area contributed by atoms with Gasteiger partial charge in [0.2, 0.25) is 0 Å². The van der Waals surface area contributed by atoms with Crippen LogP contribution in [0.2, 0.25) is 0 Å². The van der Waals surface area contributed by atoms with Gasteiger partial charge in [0.1, 0.15) is 6.04 Å². The molecule has 0 aromatic heterocycles. The topological polar surface area (TPSA) is 78.4 Å². The summed E-state index contributed by atoms with van der Waals surface area (Å²) < 4.78 is 0. The maximum absolute atomic E-state index is 11.4. The average molecular weight is 226 g/mol. The first-order chi connectivity index (χ1) is 7.51. The summed E-state index contributed by atoms with van der Waals surface area (Å²) >= 11 is 0. The number of urea groups is 1. The second-order valence-corrected chi connectivity index (χ2v) is 3.61. The van der Waals surface area contributed by atoms with Crippen LogP contribution in [0.5, 0.6) is 0 Å².